The molecule has 0 aliphatic carbocycles. The summed E-state index contributed by atoms with van der Waals surface area (Å²) in [5.41, 5.74) is 1.66. The largest absolute Gasteiger partial charge is 0.460 e. The molecule has 4 aromatic rings. The van der Waals surface area contributed by atoms with E-state index in [0.29, 0.717) is 5.56 Å². The third-order valence-electron chi connectivity index (χ3n) is 5.42. The van der Waals surface area contributed by atoms with Crippen LogP contribution in [0, 0.1) is 10.1 Å². The molecule has 32 heavy (non-hydrogen) atoms. The third kappa shape index (κ3) is 4.01. The number of rotatable bonds is 7. The van der Waals surface area contributed by atoms with Gasteiger partial charge in [0.25, 0.3) is 5.69 Å². The predicted octanol–water partition coefficient (Wildman–Crippen LogP) is 5.67. The van der Waals surface area contributed by atoms with Gasteiger partial charge in [0.1, 0.15) is 12.0 Å². The molecule has 0 heterocycles. The lowest BCUT2D eigenvalue weighted by Crippen LogP contribution is -2.40. The molecule has 4 aromatic carbocycles. The fraction of sp³-hybridized carbons (Fsp3) is 0.0741. The molecule has 4 rings (SSSR count). The first kappa shape index (κ1) is 21.0. The number of nitrogens with zero attached hydrogens (tertiary/aromatic N) is 1. The minimum Gasteiger partial charge on any atom is -0.460 e. The van der Waals surface area contributed by atoms with Crippen molar-refractivity contribution >= 4 is 11.7 Å². The van der Waals surface area contributed by atoms with Crippen LogP contribution in [-0.4, -0.2) is 10.9 Å². The Hall–Kier alpha value is -4.25. The number of esters is 1. The van der Waals surface area contributed by atoms with Gasteiger partial charge >= 0.3 is 5.97 Å². The van der Waals surface area contributed by atoms with Crippen molar-refractivity contribution < 1.29 is 14.5 Å². The van der Waals surface area contributed by atoms with Gasteiger partial charge in [-0.1, -0.05) is 103 Å². The van der Waals surface area contributed by atoms with Crippen molar-refractivity contribution in [3.63, 3.8) is 0 Å². The number of hydrogen-bond acceptors (Lipinski definition) is 4. The van der Waals surface area contributed by atoms with E-state index in [1.54, 1.807) is 12.1 Å². The van der Waals surface area contributed by atoms with E-state index in [1.807, 2.05) is 91.0 Å². The molecule has 0 aliphatic heterocycles. The standard InChI is InChI=1S/C27H21NO4/c29-26(32-20-21-11-10-18-25(19-21)28(30)31)27(22-12-4-1-5-13-22,23-14-6-2-7-15-23)24-16-8-3-9-17-24/h1-19H,20H2. The molecule has 0 amide bonds. The van der Waals surface area contributed by atoms with Gasteiger partial charge in [-0.25, -0.2) is 0 Å². The van der Waals surface area contributed by atoms with Crippen molar-refractivity contribution in [1.82, 2.24) is 0 Å². The molecule has 0 bridgehead atoms. The number of hydrogen-bond donors (Lipinski definition) is 0. The number of nitro benzene ring substituents is 1. The Balaban J connectivity index is 1.81. The topological polar surface area (TPSA) is 69.4 Å². The third-order valence-corrected chi connectivity index (χ3v) is 5.42. The molecule has 0 fully saturated rings. The summed E-state index contributed by atoms with van der Waals surface area (Å²) in [5.74, 6) is -0.451. The van der Waals surface area contributed by atoms with Crippen molar-refractivity contribution in [3.05, 3.63) is 148 Å². The molecule has 0 saturated carbocycles. The Bertz CT molecular complexity index is 1110. The lowest BCUT2D eigenvalue weighted by Gasteiger charge is -2.33. The van der Waals surface area contributed by atoms with Gasteiger partial charge in [0.15, 0.2) is 0 Å². The number of carbonyl (C=O) groups is 1. The minimum atomic E-state index is -1.19. The first-order chi connectivity index (χ1) is 15.6. The first-order valence-corrected chi connectivity index (χ1v) is 10.2. The Kier molecular flexibility index (Phi) is 6.08. The summed E-state index contributed by atoms with van der Waals surface area (Å²) >= 11 is 0. The summed E-state index contributed by atoms with van der Waals surface area (Å²) in [7, 11) is 0. The molecule has 0 saturated heterocycles. The zero-order chi connectivity index (χ0) is 22.4. The number of nitro groups is 1. The molecule has 158 valence electrons. The quantitative estimate of drug-likeness (QED) is 0.166. The van der Waals surface area contributed by atoms with Crippen LogP contribution in [0.2, 0.25) is 0 Å². The molecular weight excluding hydrogens is 402 g/mol. The van der Waals surface area contributed by atoms with Crippen molar-refractivity contribution in [2.24, 2.45) is 0 Å². The maximum absolute atomic E-state index is 13.9. The highest BCUT2D eigenvalue weighted by Crippen LogP contribution is 2.40. The van der Waals surface area contributed by atoms with E-state index in [9.17, 15) is 14.9 Å². The summed E-state index contributed by atoms with van der Waals surface area (Å²) in [6, 6.07) is 34.6. The molecular formula is C27H21NO4. The van der Waals surface area contributed by atoms with Crippen LogP contribution in [0.25, 0.3) is 0 Å². The zero-order valence-electron chi connectivity index (χ0n) is 17.3. The van der Waals surface area contributed by atoms with E-state index < -0.39 is 16.3 Å². The van der Waals surface area contributed by atoms with Gasteiger partial charge < -0.3 is 4.74 Å². The second kappa shape index (κ2) is 9.27. The van der Waals surface area contributed by atoms with E-state index in [-0.39, 0.29) is 12.3 Å². The van der Waals surface area contributed by atoms with Crippen molar-refractivity contribution in [2.45, 2.75) is 12.0 Å². The van der Waals surface area contributed by atoms with Crippen LogP contribution in [0.3, 0.4) is 0 Å². The first-order valence-electron chi connectivity index (χ1n) is 10.2. The van der Waals surface area contributed by atoms with Gasteiger partial charge in [0.2, 0.25) is 0 Å². The Labute approximate surface area is 186 Å². The summed E-state index contributed by atoms with van der Waals surface area (Å²) < 4.78 is 5.83. The molecule has 0 atom stereocenters. The molecule has 0 radical (unpaired) electrons. The fourth-order valence-corrected chi connectivity index (χ4v) is 3.93. The number of benzene rings is 4. The van der Waals surface area contributed by atoms with Crippen LogP contribution in [0.5, 0.6) is 0 Å². The minimum absolute atomic E-state index is 0.0426. The summed E-state index contributed by atoms with van der Waals surface area (Å²) in [4.78, 5) is 24.5. The predicted molar refractivity (Wildman–Crippen MR) is 122 cm³/mol. The summed E-state index contributed by atoms with van der Waals surface area (Å²) in [6.45, 7) is -0.0746. The lowest BCUT2D eigenvalue weighted by molar-refractivity contribution is -0.384. The van der Waals surface area contributed by atoms with Crippen LogP contribution >= 0.6 is 0 Å². The maximum Gasteiger partial charge on any atom is 0.325 e. The Morgan fingerprint density at radius 1 is 0.719 bits per heavy atom. The number of carbonyl (C=O) groups excluding carboxylic acids is 1. The monoisotopic (exact) mass is 423 g/mol. The van der Waals surface area contributed by atoms with E-state index in [2.05, 4.69) is 0 Å². The highest BCUT2D eigenvalue weighted by molar-refractivity contribution is 5.92. The number of ether oxygens (including phenoxy) is 1. The van der Waals surface area contributed by atoms with E-state index in [1.165, 1.54) is 12.1 Å². The average Bonchev–Trinajstić information content (AvgIpc) is 2.85. The lowest BCUT2D eigenvalue weighted by atomic mass is 9.69. The second-order valence-electron chi connectivity index (χ2n) is 7.35. The van der Waals surface area contributed by atoms with Crippen LogP contribution in [0.4, 0.5) is 5.69 Å². The Morgan fingerprint density at radius 3 is 1.62 bits per heavy atom. The molecule has 0 aliphatic rings. The van der Waals surface area contributed by atoms with Gasteiger partial charge in [-0.2, -0.15) is 0 Å². The van der Waals surface area contributed by atoms with Crippen LogP contribution in [0.1, 0.15) is 22.3 Å². The number of non-ortho nitro benzene ring substituents is 1. The molecule has 0 aromatic heterocycles. The van der Waals surface area contributed by atoms with Crippen molar-refractivity contribution in [2.75, 3.05) is 0 Å². The van der Waals surface area contributed by atoms with E-state index in [4.69, 9.17) is 4.74 Å². The molecule has 5 nitrogen and oxygen atoms in total. The highest BCUT2D eigenvalue weighted by atomic mass is 16.6. The molecule has 0 N–H and O–H groups in total. The zero-order valence-corrected chi connectivity index (χ0v) is 17.3. The average molecular weight is 423 g/mol. The van der Waals surface area contributed by atoms with Gasteiger partial charge in [-0.05, 0) is 22.3 Å². The molecule has 0 spiro atoms. The van der Waals surface area contributed by atoms with Crippen LogP contribution < -0.4 is 0 Å². The second-order valence-corrected chi connectivity index (χ2v) is 7.35. The van der Waals surface area contributed by atoms with E-state index in [0.717, 1.165) is 16.7 Å². The van der Waals surface area contributed by atoms with Crippen molar-refractivity contribution in [3.8, 4) is 0 Å². The Morgan fingerprint density at radius 2 is 1.19 bits per heavy atom. The maximum atomic E-state index is 13.9. The summed E-state index contributed by atoms with van der Waals surface area (Å²) in [5, 5.41) is 11.1. The SMILES string of the molecule is O=C(OCc1cccc([N+](=O)[O-])c1)C(c1ccccc1)(c1ccccc1)c1ccccc1. The normalized spacial score (nSPS) is 11.0. The van der Waals surface area contributed by atoms with Gasteiger partial charge in [-0.3, -0.25) is 14.9 Å². The molecule has 0 unspecified atom stereocenters. The smallest absolute Gasteiger partial charge is 0.325 e. The van der Waals surface area contributed by atoms with Gasteiger partial charge in [0.05, 0.1) is 4.92 Å². The van der Waals surface area contributed by atoms with Gasteiger partial charge in [-0.15, -0.1) is 0 Å². The van der Waals surface area contributed by atoms with Crippen LogP contribution in [-0.2, 0) is 21.6 Å². The van der Waals surface area contributed by atoms with E-state index >= 15 is 0 Å². The summed E-state index contributed by atoms with van der Waals surface area (Å²) in [6.07, 6.45) is 0. The molecule has 5 heteroatoms. The highest BCUT2D eigenvalue weighted by Gasteiger charge is 2.45. The van der Waals surface area contributed by atoms with Crippen LogP contribution in [0.15, 0.2) is 115 Å². The van der Waals surface area contributed by atoms with Gasteiger partial charge in [0, 0.05) is 12.1 Å². The fourth-order valence-electron chi connectivity index (χ4n) is 3.93. The van der Waals surface area contributed by atoms with Crippen molar-refractivity contribution in [1.29, 1.82) is 0 Å².